The Hall–Kier alpha value is -1.70. The molecule has 0 aliphatic heterocycles. The van der Waals surface area contributed by atoms with E-state index >= 15 is 0 Å². The van der Waals surface area contributed by atoms with Crippen molar-refractivity contribution < 1.29 is 15.0 Å². The van der Waals surface area contributed by atoms with Gasteiger partial charge in [0.2, 0.25) is 5.16 Å². The molecule has 2 rings (SSSR count). The third-order valence-corrected chi connectivity index (χ3v) is 3.96. The van der Waals surface area contributed by atoms with Crippen LogP contribution in [0, 0.1) is 0 Å². The molecule has 1 aromatic carbocycles. The first-order valence-corrected chi connectivity index (χ1v) is 7.68. The average molecular weight is 359 g/mol. The predicted octanol–water partition coefficient (Wildman–Crippen LogP) is 2.97. The molecule has 9 heteroatoms. The summed E-state index contributed by atoms with van der Waals surface area (Å²) in [4.78, 5) is 15.3. The lowest BCUT2D eigenvalue weighted by Gasteiger charge is -2.13. The van der Waals surface area contributed by atoms with Gasteiger partial charge in [0.05, 0.1) is 0 Å². The number of H-pyrrole nitrogens is 1. The van der Waals surface area contributed by atoms with Crippen LogP contribution in [0.3, 0.4) is 0 Å². The number of nitrogens with zero attached hydrogens (tertiary/aromatic N) is 2. The number of thioether (sulfide) groups is 1. The summed E-state index contributed by atoms with van der Waals surface area (Å²) < 4.78 is 0. The van der Waals surface area contributed by atoms with Crippen LogP contribution in [0.2, 0.25) is 10.0 Å². The summed E-state index contributed by atoms with van der Waals surface area (Å²) in [5, 5.41) is 28.2. The summed E-state index contributed by atoms with van der Waals surface area (Å²) in [5.74, 6) is -1.06. The van der Waals surface area contributed by atoms with Crippen LogP contribution in [0.25, 0.3) is 6.08 Å². The number of aliphatic carboxylic acids is 1. The molecule has 0 fully saturated rings. The molecule has 6 nitrogen and oxygen atoms in total. The summed E-state index contributed by atoms with van der Waals surface area (Å²) >= 11 is 12.4. The van der Waals surface area contributed by atoms with Crippen molar-refractivity contribution in [3.63, 3.8) is 0 Å². The average Bonchev–Trinajstić information content (AvgIpc) is 2.91. The largest absolute Gasteiger partial charge is 0.871 e. The van der Waals surface area contributed by atoms with Crippen molar-refractivity contribution in [2.45, 2.75) is 18.5 Å². The van der Waals surface area contributed by atoms with Gasteiger partial charge in [-0.1, -0.05) is 35.9 Å². The number of carboxylic acid groups (broad SMARTS) is 1. The number of carboxylic acids is 1. The zero-order chi connectivity index (χ0) is 16.3. The molecule has 0 radical (unpaired) electrons. The van der Waals surface area contributed by atoms with Crippen molar-refractivity contribution in [1.82, 2.24) is 15.2 Å². The van der Waals surface area contributed by atoms with Gasteiger partial charge in [0.15, 0.2) is 0 Å². The molecule has 22 heavy (non-hydrogen) atoms. The Kier molecular flexibility index (Phi) is 5.33. The number of aromatic nitrogens is 3. The fourth-order valence-corrected chi connectivity index (χ4v) is 2.77. The molecule has 0 amide bonds. The van der Waals surface area contributed by atoms with E-state index in [-0.39, 0.29) is 25.7 Å². The van der Waals surface area contributed by atoms with E-state index in [2.05, 4.69) is 15.2 Å². The summed E-state index contributed by atoms with van der Waals surface area (Å²) in [6, 6.07) is 2.66. The first kappa shape index (κ1) is 16.7. The second-order valence-electron chi connectivity index (χ2n) is 4.14. The maximum atomic E-state index is 11.9. The zero-order valence-electron chi connectivity index (χ0n) is 11.3. The fraction of sp³-hybridized carbons (Fsp3) is 0.154. The van der Waals surface area contributed by atoms with Gasteiger partial charge >= 0.3 is 5.97 Å². The van der Waals surface area contributed by atoms with Crippen molar-refractivity contribution >= 4 is 47.0 Å². The third kappa shape index (κ3) is 3.94. The maximum absolute atomic E-state index is 11.9. The Morgan fingerprint density at radius 2 is 2.23 bits per heavy atom. The summed E-state index contributed by atoms with van der Waals surface area (Å²) in [6.45, 7) is 1.89. The molecule has 2 aromatic rings. The van der Waals surface area contributed by atoms with Crippen molar-refractivity contribution in [2.24, 2.45) is 0 Å². The van der Waals surface area contributed by atoms with Crippen LogP contribution in [-0.4, -0.2) is 26.3 Å². The lowest BCUT2D eigenvalue weighted by atomic mass is 10.2. The van der Waals surface area contributed by atoms with E-state index in [1.165, 1.54) is 18.2 Å². The Morgan fingerprint density at radius 3 is 2.82 bits per heavy atom. The molecule has 0 saturated heterocycles. The lowest BCUT2D eigenvalue weighted by Crippen LogP contribution is -2.00. The standard InChI is InChI=1S/C13H11Cl2N3O3S/c1-2-10-16-13(18-17-10)22-9(12(20)21)4-6-3-7(14)5-8(15)11(6)19/h3-5,19H,2H2,1H3,(H,20,21)(H,16,17,18)/p-1/b9-4-. The zero-order valence-corrected chi connectivity index (χ0v) is 13.6. The summed E-state index contributed by atoms with van der Waals surface area (Å²) in [5.41, 5.74) is 0.0913. The number of hydrogen-bond acceptors (Lipinski definition) is 5. The highest BCUT2D eigenvalue weighted by molar-refractivity contribution is 8.04. The molecule has 0 unspecified atom stereocenters. The lowest BCUT2D eigenvalue weighted by molar-refractivity contribution is -0.268. The van der Waals surface area contributed by atoms with Gasteiger partial charge in [-0.2, -0.15) is 0 Å². The molecule has 1 aromatic heterocycles. The smallest absolute Gasteiger partial charge is 0.342 e. The van der Waals surface area contributed by atoms with Gasteiger partial charge < -0.3 is 10.2 Å². The second kappa shape index (κ2) is 7.04. The molecule has 0 atom stereocenters. The maximum Gasteiger partial charge on any atom is 0.342 e. The molecule has 1 heterocycles. The van der Waals surface area contributed by atoms with Gasteiger partial charge in [0.1, 0.15) is 10.7 Å². The summed E-state index contributed by atoms with van der Waals surface area (Å²) in [7, 11) is 0. The molecule has 116 valence electrons. The van der Waals surface area contributed by atoms with E-state index in [0.29, 0.717) is 12.2 Å². The Balaban J connectivity index is 2.37. The van der Waals surface area contributed by atoms with Crippen molar-refractivity contribution in [3.8, 4) is 5.75 Å². The van der Waals surface area contributed by atoms with E-state index in [1.807, 2.05) is 6.92 Å². The van der Waals surface area contributed by atoms with Crippen LogP contribution in [0.4, 0.5) is 0 Å². The second-order valence-corrected chi connectivity index (χ2v) is 5.99. The molecular formula is C13H10Cl2N3O3S-. The Morgan fingerprint density at radius 1 is 1.50 bits per heavy atom. The Labute approximate surface area is 140 Å². The van der Waals surface area contributed by atoms with Gasteiger partial charge in [-0.25, -0.2) is 9.78 Å². The SMILES string of the molecule is CCc1nc(S/C(=C\c2cc(Cl)cc(Cl)c2[O-])C(=O)O)n[nH]1. The number of aromatic amines is 1. The first-order chi connectivity index (χ1) is 10.4. The van der Waals surface area contributed by atoms with E-state index in [0.717, 1.165) is 11.8 Å². The fourth-order valence-electron chi connectivity index (χ4n) is 1.54. The number of halogens is 2. The number of aryl methyl sites for hydroxylation is 1. The van der Waals surface area contributed by atoms with Gasteiger partial charge in [0, 0.05) is 16.5 Å². The third-order valence-electron chi connectivity index (χ3n) is 2.58. The van der Waals surface area contributed by atoms with Crippen molar-refractivity contribution in [1.29, 1.82) is 0 Å². The van der Waals surface area contributed by atoms with Gasteiger partial charge in [-0.05, 0) is 35.5 Å². The monoisotopic (exact) mass is 358 g/mol. The van der Waals surface area contributed by atoms with E-state index in [9.17, 15) is 15.0 Å². The van der Waals surface area contributed by atoms with Crippen LogP contribution in [0.15, 0.2) is 22.2 Å². The topological polar surface area (TPSA) is 102 Å². The summed E-state index contributed by atoms with van der Waals surface area (Å²) in [6.07, 6.45) is 1.85. The molecule has 0 saturated carbocycles. The number of rotatable bonds is 5. The predicted molar refractivity (Wildman–Crippen MR) is 83.1 cm³/mol. The molecule has 2 N–H and O–H groups in total. The van der Waals surface area contributed by atoms with Crippen LogP contribution < -0.4 is 5.11 Å². The highest BCUT2D eigenvalue weighted by Gasteiger charge is 2.14. The number of carbonyl (C=O) groups is 1. The first-order valence-electron chi connectivity index (χ1n) is 6.11. The quantitative estimate of drug-likeness (QED) is 0.629. The minimum Gasteiger partial charge on any atom is -0.871 e. The molecule has 0 aliphatic carbocycles. The minimum atomic E-state index is -1.21. The van der Waals surface area contributed by atoms with Crippen LogP contribution in [0.5, 0.6) is 5.75 Å². The molecule has 0 spiro atoms. The van der Waals surface area contributed by atoms with Crippen LogP contribution >= 0.6 is 35.0 Å². The molecule has 0 aliphatic rings. The van der Waals surface area contributed by atoms with E-state index < -0.39 is 11.7 Å². The number of nitrogens with one attached hydrogen (secondary N) is 1. The highest BCUT2D eigenvalue weighted by Crippen LogP contribution is 2.33. The Bertz CT molecular complexity index is 746. The number of benzene rings is 1. The van der Waals surface area contributed by atoms with Gasteiger partial charge in [-0.3, -0.25) is 5.10 Å². The normalized spacial score (nSPS) is 11.7. The van der Waals surface area contributed by atoms with Crippen molar-refractivity contribution in [2.75, 3.05) is 0 Å². The van der Waals surface area contributed by atoms with Gasteiger partial charge in [-0.15, -0.1) is 5.10 Å². The molecule has 0 bridgehead atoms. The van der Waals surface area contributed by atoms with Crippen LogP contribution in [-0.2, 0) is 11.2 Å². The van der Waals surface area contributed by atoms with Gasteiger partial charge in [0.25, 0.3) is 0 Å². The molecular weight excluding hydrogens is 349 g/mol. The minimum absolute atomic E-state index is 0.0698. The van der Waals surface area contributed by atoms with E-state index in [1.54, 1.807) is 0 Å². The number of hydrogen-bond donors (Lipinski definition) is 2. The van der Waals surface area contributed by atoms with Crippen molar-refractivity contribution in [3.05, 3.63) is 38.5 Å². The highest BCUT2D eigenvalue weighted by atomic mass is 35.5. The van der Waals surface area contributed by atoms with E-state index in [4.69, 9.17) is 23.2 Å². The van der Waals surface area contributed by atoms with Crippen LogP contribution in [0.1, 0.15) is 18.3 Å².